The molecule has 7 heteroatoms. The Balaban J connectivity index is 2.41. The van der Waals surface area contributed by atoms with Gasteiger partial charge in [-0.15, -0.1) is 0 Å². The van der Waals surface area contributed by atoms with Crippen LogP contribution in [0, 0.1) is 0 Å². The minimum absolute atomic E-state index is 0.0587. The van der Waals surface area contributed by atoms with E-state index in [1.807, 2.05) is 0 Å². The number of fused-ring (bicyclic) bond motifs is 3. The molecule has 20 heavy (non-hydrogen) atoms. The molecule has 0 amide bonds. The Morgan fingerprint density at radius 2 is 1.90 bits per heavy atom. The number of hydrogen-bond donors (Lipinski definition) is 3. The topological polar surface area (TPSA) is 118 Å². The number of carboxylic acids is 2. The first-order valence-corrected chi connectivity index (χ1v) is 5.65. The molecular formula is C13H9N3O4. The summed E-state index contributed by atoms with van der Waals surface area (Å²) in [6.07, 6.45) is 1.47. The molecule has 0 aliphatic rings. The number of aromatic carboxylic acids is 2. The van der Waals surface area contributed by atoms with Crippen molar-refractivity contribution in [3.63, 3.8) is 0 Å². The van der Waals surface area contributed by atoms with Gasteiger partial charge < -0.3 is 16.1 Å². The zero-order valence-electron chi connectivity index (χ0n) is 10.1. The normalized spacial score (nSPS) is 11.0. The summed E-state index contributed by atoms with van der Waals surface area (Å²) in [5.74, 6) is 3.60. The average Bonchev–Trinajstić information content (AvgIpc) is 2.76. The van der Waals surface area contributed by atoms with E-state index in [0.717, 1.165) is 4.68 Å². The summed E-state index contributed by atoms with van der Waals surface area (Å²) in [7, 11) is 0. The lowest BCUT2D eigenvalue weighted by Crippen LogP contribution is -2.15. The van der Waals surface area contributed by atoms with Crippen molar-refractivity contribution < 1.29 is 19.8 Å². The summed E-state index contributed by atoms with van der Waals surface area (Å²) < 4.78 is 1.07. The summed E-state index contributed by atoms with van der Waals surface area (Å²) in [4.78, 5) is 26.1. The number of pyridine rings is 1. The summed E-state index contributed by atoms with van der Waals surface area (Å²) in [6.45, 7) is 0. The Kier molecular flexibility index (Phi) is 2.37. The van der Waals surface area contributed by atoms with E-state index in [1.54, 1.807) is 6.07 Å². The SMILES string of the molecule is Nn1c(C(=O)O)cc2cnc3cc(C(=O)O)ccc3c21. The lowest BCUT2D eigenvalue weighted by molar-refractivity contribution is 0.0681. The second-order valence-electron chi connectivity index (χ2n) is 4.30. The Hall–Kier alpha value is -3.09. The molecule has 3 rings (SSSR count). The van der Waals surface area contributed by atoms with Crippen molar-refractivity contribution in [2.24, 2.45) is 0 Å². The summed E-state index contributed by atoms with van der Waals surface area (Å²) >= 11 is 0. The van der Waals surface area contributed by atoms with Gasteiger partial charge in [-0.05, 0) is 24.3 Å². The third-order valence-electron chi connectivity index (χ3n) is 3.13. The van der Waals surface area contributed by atoms with Gasteiger partial charge in [0, 0.05) is 17.0 Å². The van der Waals surface area contributed by atoms with Crippen LogP contribution in [0.4, 0.5) is 0 Å². The Labute approximate surface area is 111 Å². The second kappa shape index (κ2) is 3.95. The molecule has 2 aromatic heterocycles. The maximum Gasteiger partial charge on any atom is 0.354 e. The molecule has 1 aromatic carbocycles. The predicted molar refractivity (Wildman–Crippen MR) is 71.3 cm³/mol. The lowest BCUT2D eigenvalue weighted by Gasteiger charge is -2.04. The van der Waals surface area contributed by atoms with Crippen LogP contribution in [0.1, 0.15) is 20.8 Å². The molecule has 0 bridgehead atoms. The van der Waals surface area contributed by atoms with Gasteiger partial charge in [0.25, 0.3) is 0 Å². The van der Waals surface area contributed by atoms with Crippen molar-refractivity contribution in [2.45, 2.75) is 0 Å². The van der Waals surface area contributed by atoms with Crippen molar-refractivity contribution in [3.8, 4) is 0 Å². The number of carbonyl (C=O) groups is 2. The molecule has 0 aliphatic heterocycles. The van der Waals surface area contributed by atoms with Crippen LogP contribution in [-0.2, 0) is 0 Å². The van der Waals surface area contributed by atoms with Crippen LogP contribution in [0.15, 0.2) is 30.5 Å². The van der Waals surface area contributed by atoms with Crippen LogP contribution >= 0.6 is 0 Å². The van der Waals surface area contributed by atoms with E-state index in [4.69, 9.17) is 16.1 Å². The maximum atomic E-state index is 11.1. The molecular weight excluding hydrogens is 262 g/mol. The van der Waals surface area contributed by atoms with Crippen LogP contribution in [0.5, 0.6) is 0 Å². The number of nitrogens with two attached hydrogens (primary N) is 1. The number of benzene rings is 1. The molecule has 0 saturated heterocycles. The molecule has 7 nitrogen and oxygen atoms in total. The standard InChI is InChI=1S/C13H9N3O4/c14-16-10(13(19)20)4-7-5-15-9-3-6(12(17)18)1-2-8(9)11(7)16/h1-5H,14H2,(H,17,18)(H,19,20). The van der Waals surface area contributed by atoms with E-state index in [0.29, 0.717) is 21.8 Å². The molecule has 4 N–H and O–H groups in total. The first kappa shape index (κ1) is 12.0. The third-order valence-corrected chi connectivity index (χ3v) is 3.13. The van der Waals surface area contributed by atoms with E-state index >= 15 is 0 Å². The fourth-order valence-corrected chi connectivity index (χ4v) is 2.20. The molecule has 100 valence electrons. The van der Waals surface area contributed by atoms with E-state index in [9.17, 15) is 9.59 Å². The van der Waals surface area contributed by atoms with Crippen LogP contribution in [0.25, 0.3) is 21.8 Å². The summed E-state index contributed by atoms with van der Waals surface area (Å²) in [5.41, 5.74) is 0.998. The number of aromatic nitrogens is 2. The molecule has 0 atom stereocenters. The highest BCUT2D eigenvalue weighted by atomic mass is 16.4. The number of nitrogen functional groups attached to an aromatic ring is 1. The van der Waals surface area contributed by atoms with Crippen molar-refractivity contribution in [1.82, 2.24) is 9.66 Å². The monoisotopic (exact) mass is 271 g/mol. The minimum atomic E-state index is -1.14. The van der Waals surface area contributed by atoms with Gasteiger partial charge in [-0.25, -0.2) is 9.59 Å². The minimum Gasteiger partial charge on any atom is -0.478 e. The van der Waals surface area contributed by atoms with E-state index in [-0.39, 0.29) is 11.3 Å². The van der Waals surface area contributed by atoms with Gasteiger partial charge in [-0.2, -0.15) is 0 Å². The zero-order valence-corrected chi connectivity index (χ0v) is 10.1. The Morgan fingerprint density at radius 3 is 2.55 bits per heavy atom. The van der Waals surface area contributed by atoms with Crippen LogP contribution in [0.3, 0.4) is 0 Å². The molecule has 2 heterocycles. The largest absolute Gasteiger partial charge is 0.478 e. The van der Waals surface area contributed by atoms with Gasteiger partial charge in [0.2, 0.25) is 0 Å². The second-order valence-corrected chi connectivity index (χ2v) is 4.30. The summed E-state index contributed by atoms with van der Waals surface area (Å²) in [6, 6.07) is 5.85. The molecule has 0 radical (unpaired) electrons. The van der Waals surface area contributed by atoms with E-state index < -0.39 is 11.9 Å². The van der Waals surface area contributed by atoms with Crippen molar-refractivity contribution >= 4 is 33.7 Å². The highest BCUT2D eigenvalue weighted by Crippen LogP contribution is 2.26. The molecule has 0 aliphatic carbocycles. The predicted octanol–water partition coefficient (Wildman–Crippen LogP) is 1.30. The molecule has 0 unspecified atom stereocenters. The van der Waals surface area contributed by atoms with Crippen molar-refractivity contribution in [2.75, 3.05) is 5.84 Å². The highest BCUT2D eigenvalue weighted by Gasteiger charge is 2.16. The summed E-state index contributed by atoms with van der Waals surface area (Å²) in [5, 5.41) is 19.2. The number of nitrogens with zero attached hydrogens (tertiary/aromatic N) is 2. The lowest BCUT2D eigenvalue weighted by atomic mass is 10.1. The van der Waals surface area contributed by atoms with Gasteiger partial charge in [-0.1, -0.05) is 0 Å². The van der Waals surface area contributed by atoms with Gasteiger partial charge >= 0.3 is 11.9 Å². The Morgan fingerprint density at radius 1 is 1.15 bits per heavy atom. The molecule has 3 aromatic rings. The van der Waals surface area contributed by atoms with Gasteiger partial charge in [0.1, 0.15) is 5.69 Å². The fourth-order valence-electron chi connectivity index (χ4n) is 2.20. The molecule has 0 saturated carbocycles. The fraction of sp³-hybridized carbons (Fsp3) is 0. The number of carboxylic acid groups (broad SMARTS) is 2. The maximum absolute atomic E-state index is 11.1. The quantitative estimate of drug-likeness (QED) is 0.604. The first-order chi connectivity index (χ1) is 9.49. The molecule has 0 spiro atoms. The van der Waals surface area contributed by atoms with Gasteiger partial charge in [0.15, 0.2) is 0 Å². The first-order valence-electron chi connectivity index (χ1n) is 5.65. The molecule has 0 fully saturated rings. The number of rotatable bonds is 2. The Bertz CT molecular complexity index is 882. The highest BCUT2D eigenvalue weighted by molar-refractivity contribution is 6.08. The van der Waals surface area contributed by atoms with Crippen molar-refractivity contribution in [1.29, 1.82) is 0 Å². The van der Waals surface area contributed by atoms with Crippen LogP contribution < -0.4 is 5.84 Å². The smallest absolute Gasteiger partial charge is 0.354 e. The van der Waals surface area contributed by atoms with E-state index in [1.165, 1.54) is 24.4 Å². The van der Waals surface area contributed by atoms with E-state index in [2.05, 4.69) is 4.98 Å². The van der Waals surface area contributed by atoms with Gasteiger partial charge in [-0.3, -0.25) is 9.66 Å². The third kappa shape index (κ3) is 1.57. The van der Waals surface area contributed by atoms with Gasteiger partial charge in [0.05, 0.1) is 16.6 Å². The number of hydrogen-bond acceptors (Lipinski definition) is 4. The van der Waals surface area contributed by atoms with Crippen molar-refractivity contribution in [3.05, 3.63) is 41.7 Å². The zero-order chi connectivity index (χ0) is 14.4. The van der Waals surface area contributed by atoms with Crippen LogP contribution in [-0.4, -0.2) is 31.8 Å². The van der Waals surface area contributed by atoms with Crippen LogP contribution in [0.2, 0.25) is 0 Å². The average molecular weight is 271 g/mol.